The predicted octanol–water partition coefficient (Wildman–Crippen LogP) is 5.59. The average molecular weight is 466 g/mol. The molecule has 0 amide bonds. The number of aliphatic carboxylic acids is 1. The number of ketones is 2. The normalized spacial score (nSPS) is 49.5. The summed E-state index contributed by atoms with van der Waals surface area (Å²) in [5.74, 6) is -1.16. The summed E-state index contributed by atoms with van der Waals surface area (Å²) >= 11 is 0. The minimum Gasteiger partial charge on any atom is -0.481 e. The Morgan fingerprint density at radius 2 is 1.68 bits per heavy atom. The molecule has 184 valence electrons. The predicted molar refractivity (Wildman–Crippen MR) is 127 cm³/mol. The van der Waals surface area contributed by atoms with E-state index >= 15 is 0 Å². The van der Waals surface area contributed by atoms with Gasteiger partial charge in [-0.1, -0.05) is 40.2 Å². The summed E-state index contributed by atoms with van der Waals surface area (Å²) in [5.41, 5.74) is 0.0847. The number of carbonyl (C=O) groups excluding carboxylic acids is 2. The van der Waals surface area contributed by atoms with E-state index in [-0.39, 0.29) is 57.4 Å². The Bertz CT molecular complexity index is 1040. The summed E-state index contributed by atoms with van der Waals surface area (Å²) in [4.78, 5) is 39.1. The van der Waals surface area contributed by atoms with E-state index in [1.165, 1.54) is 5.57 Å². The van der Waals surface area contributed by atoms with Gasteiger partial charge >= 0.3 is 5.97 Å². The van der Waals surface area contributed by atoms with Crippen molar-refractivity contribution in [1.29, 1.82) is 5.26 Å². The number of nitrogens with zero attached hydrogens (tertiary/aromatic N) is 1. The molecule has 0 radical (unpaired) electrons. The van der Waals surface area contributed by atoms with Crippen LogP contribution < -0.4 is 0 Å². The van der Waals surface area contributed by atoms with Crippen molar-refractivity contribution >= 4 is 17.5 Å². The van der Waals surface area contributed by atoms with Crippen molar-refractivity contribution in [3.05, 3.63) is 11.6 Å². The minimum atomic E-state index is -0.708. The molecule has 0 bridgehead atoms. The smallest absolute Gasteiger partial charge is 0.306 e. The first kappa shape index (κ1) is 23.8. The van der Waals surface area contributed by atoms with E-state index in [0.717, 1.165) is 38.5 Å². The fourth-order valence-corrected chi connectivity index (χ4v) is 10.1. The molecule has 5 aliphatic carbocycles. The van der Waals surface area contributed by atoms with Crippen LogP contribution in [0.1, 0.15) is 86.0 Å². The third-order valence-corrected chi connectivity index (χ3v) is 11.7. The monoisotopic (exact) mass is 465 g/mol. The average Bonchev–Trinajstić information content (AvgIpc) is 2.75. The summed E-state index contributed by atoms with van der Waals surface area (Å²) in [6, 6.07) is 2.27. The fourth-order valence-electron chi connectivity index (χ4n) is 10.1. The van der Waals surface area contributed by atoms with E-state index in [2.05, 4.69) is 26.8 Å². The van der Waals surface area contributed by atoms with Crippen molar-refractivity contribution < 1.29 is 19.5 Å². The molecule has 0 aromatic rings. The van der Waals surface area contributed by atoms with Crippen molar-refractivity contribution in [2.24, 2.45) is 57.2 Å². The lowest BCUT2D eigenvalue weighted by Crippen LogP contribution is -2.64. The molecular formula is C29H39NO4. The molecule has 0 aromatic heterocycles. The highest BCUT2D eigenvalue weighted by atomic mass is 16.4. The Morgan fingerprint density at radius 1 is 1.00 bits per heavy atom. The Labute approximate surface area is 203 Å². The van der Waals surface area contributed by atoms with Crippen LogP contribution in [-0.4, -0.2) is 22.6 Å². The van der Waals surface area contributed by atoms with Crippen LogP contribution in [0.3, 0.4) is 0 Å². The minimum absolute atomic E-state index is 0.0379. The van der Waals surface area contributed by atoms with E-state index in [1.807, 2.05) is 19.9 Å². The third kappa shape index (κ3) is 2.93. The van der Waals surface area contributed by atoms with Gasteiger partial charge in [-0.15, -0.1) is 0 Å². The van der Waals surface area contributed by atoms with E-state index in [1.54, 1.807) is 0 Å². The number of allylic oxidation sites excluding steroid dienone is 2. The molecule has 34 heavy (non-hydrogen) atoms. The first-order chi connectivity index (χ1) is 15.8. The van der Waals surface area contributed by atoms with Crippen LogP contribution in [0, 0.1) is 68.5 Å². The summed E-state index contributed by atoms with van der Waals surface area (Å²) in [7, 11) is 0. The number of hydrogen-bond donors (Lipinski definition) is 1. The number of carboxylic acids is 1. The lowest BCUT2D eigenvalue weighted by Gasteiger charge is -2.66. The summed E-state index contributed by atoms with van der Waals surface area (Å²) in [6.45, 7) is 10.7. The Kier molecular flexibility index (Phi) is 5.09. The number of fused-ring (bicyclic) bond motifs is 7. The molecule has 0 spiro atoms. The van der Waals surface area contributed by atoms with E-state index in [9.17, 15) is 24.8 Å². The molecule has 9 unspecified atom stereocenters. The first-order valence-electron chi connectivity index (χ1n) is 13.2. The maximum Gasteiger partial charge on any atom is 0.306 e. The van der Waals surface area contributed by atoms with E-state index in [4.69, 9.17) is 0 Å². The van der Waals surface area contributed by atoms with Gasteiger partial charge in [-0.3, -0.25) is 14.4 Å². The van der Waals surface area contributed by atoms with E-state index in [0.29, 0.717) is 12.8 Å². The van der Waals surface area contributed by atoms with Gasteiger partial charge in [0.1, 0.15) is 5.92 Å². The molecular weight excluding hydrogens is 426 g/mol. The zero-order valence-electron chi connectivity index (χ0n) is 21.3. The maximum absolute atomic E-state index is 14.1. The van der Waals surface area contributed by atoms with Crippen LogP contribution in [0.5, 0.6) is 0 Å². The van der Waals surface area contributed by atoms with Crippen molar-refractivity contribution in [2.75, 3.05) is 0 Å². The zero-order chi connectivity index (χ0) is 24.8. The van der Waals surface area contributed by atoms with Gasteiger partial charge in [0.2, 0.25) is 0 Å². The second-order valence-corrected chi connectivity index (χ2v) is 13.7. The molecule has 5 nitrogen and oxygen atoms in total. The highest BCUT2D eigenvalue weighted by molar-refractivity contribution is 5.96. The third-order valence-electron chi connectivity index (χ3n) is 11.7. The van der Waals surface area contributed by atoms with Crippen molar-refractivity contribution in [2.45, 2.75) is 86.0 Å². The van der Waals surface area contributed by atoms with Gasteiger partial charge in [-0.2, -0.15) is 5.26 Å². The van der Waals surface area contributed by atoms with Gasteiger partial charge in [0.15, 0.2) is 11.6 Å². The first-order valence-corrected chi connectivity index (χ1v) is 13.2. The largest absolute Gasteiger partial charge is 0.481 e. The van der Waals surface area contributed by atoms with Crippen LogP contribution in [-0.2, 0) is 14.4 Å². The number of rotatable bonds is 1. The SMILES string of the molecule is CC12CCC(C(=O)O)CC1C1=CC(=O)C3C(C)(CCC4C(C)(C)C(=O)C(C#N)CC43C)C1CC2. The Balaban J connectivity index is 1.59. The Hall–Kier alpha value is -1.96. The van der Waals surface area contributed by atoms with Crippen LogP contribution in [0.2, 0.25) is 0 Å². The van der Waals surface area contributed by atoms with Crippen LogP contribution >= 0.6 is 0 Å². The van der Waals surface area contributed by atoms with Crippen LogP contribution in [0.4, 0.5) is 0 Å². The van der Waals surface area contributed by atoms with Gasteiger partial charge < -0.3 is 5.11 Å². The molecule has 4 saturated carbocycles. The number of nitriles is 1. The topological polar surface area (TPSA) is 95.2 Å². The van der Waals surface area contributed by atoms with Crippen LogP contribution in [0.15, 0.2) is 11.6 Å². The van der Waals surface area contributed by atoms with Crippen molar-refractivity contribution in [3.8, 4) is 6.07 Å². The van der Waals surface area contributed by atoms with Gasteiger partial charge in [-0.05, 0) is 91.4 Å². The molecule has 0 saturated heterocycles. The second-order valence-electron chi connectivity index (χ2n) is 13.7. The molecule has 5 aliphatic rings. The molecule has 4 fully saturated rings. The maximum atomic E-state index is 14.1. The number of carbonyl (C=O) groups is 3. The molecule has 5 rings (SSSR count). The lowest BCUT2D eigenvalue weighted by atomic mass is 9.36. The van der Waals surface area contributed by atoms with Crippen molar-refractivity contribution in [1.82, 2.24) is 0 Å². The Morgan fingerprint density at radius 3 is 2.32 bits per heavy atom. The van der Waals surface area contributed by atoms with Gasteiger partial charge in [-0.25, -0.2) is 0 Å². The summed E-state index contributed by atoms with van der Waals surface area (Å²) in [5, 5.41) is 19.6. The zero-order valence-corrected chi connectivity index (χ0v) is 21.3. The standard InChI is InChI=1S/C29H39NO4/c1-26(2)22-8-11-28(4)19-7-10-27(3)9-6-16(25(33)34)12-20(27)18(19)13-21(31)23(28)29(22,5)14-17(15-30)24(26)32/h13,16-17,19-20,22-23H,6-12,14H2,1-5H3,(H,33,34). The van der Waals surface area contributed by atoms with Gasteiger partial charge in [0.05, 0.1) is 12.0 Å². The number of carboxylic acid groups (broad SMARTS) is 1. The van der Waals surface area contributed by atoms with E-state index < -0.39 is 17.3 Å². The summed E-state index contributed by atoms with van der Waals surface area (Å²) in [6.07, 6.45) is 8.60. The lowest BCUT2D eigenvalue weighted by molar-refractivity contribution is -0.179. The highest BCUT2D eigenvalue weighted by Crippen LogP contribution is 2.70. The summed E-state index contributed by atoms with van der Waals surface area (Å²) < 4.78 is 0. The number of Topliss-reactive ketones (excluding diaryl/α,β-unsaturated/α-hetero) is 1. The van der Waals surface area contributed by atoms with Gasteiger partial charge in [0.25, 0.3) is 0 Å². The van der Waals surface area contributed by atoms with Gasteiger partial charge in [0, 0.05) is 11.3 Å². The molecule has 0 heterocycles. The highest BCUT2D eigenvalue weighted by Gasteiger charge is 2.68. The molecule has 0 aromatic carbocycles. The van der Waals surface area contributed by atoms with Crippen molar-refractivity contribution in [3.63, 3.8) is 0 Å². The molecule has 9 atom stereocenters. The number of hydrogen-bond acceptors (Lipinski definition) is 4. The molecule has 5 heteroatoms. The fraction of sp³-hybridized carbons (Fsp3) is 0.793. The molecule has 1 N–H and O–H groups in total. The quantitative estimate of drug-likeness (QED) is 0.544. The van der Waals surface area contributed by atoms with Crippen LogP contribution in [0.25, 0.3) is 0 Å². The second kappa shape index (κ2) is 7.28. The molecule has 0 aliphatic heterocycles.